The lowest BCUT2D eigenvalue weighted by atomic mass is 10.2. The standard InChI is InChI=1S/C10H8F2O2S/c11-10(12)15-8-4-1-7(2-5-8)3-6-9(13)14/h1-6,10H,(H,13,14)/p-1/b6-3+. The summed E-state index contributed by atoms with van der Waals surface area (Å²) in [5, 5.41) is 10.1. The Morgan fingerprint density at radius 2 is 1.93 bits per heavy atom. The number of carboxylic acids is 1. The number of carboxylic acid groups (broad SMARTS) is 1. The van der Waals surface area contributed by atoms with Gasteiger partial charge in [0.1, 0.15) is 0 Å². The maximum atomic E-state index is 11.9. The summed E-state index contributed by atoms with van der Waals surface area (Å²) in [6.45, 7) is 0. The summed E-state index contributed by atoms with van der Waals surface area (Å²) < 4.78 is 23.9. The van der Waals surface area contributed by atoms with E-state index in [0.717, 1.165) is 6.08 Å². The van der Waals surface area contributed by atoms with E-state index in [0.29, 0.717) is 22.2 Å². The molecule has 1 aromatic rings. The number of thioether (sulfide) groups is 1. The van der Waals surface area contributed by atoms with Crippen molar-refractivity contribution in [3.05, 3.63) is 35.9 Å². The minimum Gasteiger partial charge on any atom is -0.545 e. The molecule has 0 heterocycles. The molecule has 0 aliphatic heterocycles. The Balaban J connectivity index is 2.68. The summed E-state index contributed by atoms with van der Waals surface area (Å²) >= 11 is 0.445. The van der Waals surface area contributed by atoms with Gasteiger partial charge >= 0.3 is 0 Å². The predicted octanol–water partition coefficient (Wildman–Crippen LogP) is 1.76. The first-order chi connectivity index (χ1) is 7.08. The second-order valence-corrected chi connectivity index (χ2v) is 3.66. The SMILES string of the molecule is O=C([O-])/C=C/c1ccc(SC(F)F)cc1. The van der Waals surface area contributed by atoms with Crippen LogP contribution in [0.1, 0.15) is 5.56 Å². The maximum absolute atomic E-state index is 11.9. The molecule has 5 heteroatoms. The fraction of sp³-hybridized carbons (Fsp3) is 0.100. The average Bonchev–Trinajstić information content (AvgIpc) is 2.16. The normalized spacial score (nSPS) is 11.1. The van der Waals surface area contributed by atoms with Crippen molar-refractivity contribution in [3.8, 4) is 0 Å². The molecule has 80 valence electrons. The number of hydrogen-bond acceptors (Lipinski definition) is 3. The fourth-order valence-electron chi connectivity index (χ4n) is 0.925. The third-order valence-corrected chi connectivity index (χ3v) is 2.24. The molecule has 0 unspecified atom stereocenters. The van der Waals surface area contributed by atoms with Crippen LogP contribution in [0.2, 0.25) is 0 Å². The van der Waals surface area contributed by atoms with Crippen molar-refractivity contribution in [2.24, 2.45) is 0 Å². The molecule has 0 spiro atoms. The molecule has 0 fully saturated rings. The van der Waals surface area contributed by atoms with Crippen LogP contribution in [0.25, 0.3) is 6.08 Å². The van der Waals surface area contributed by atoms with Gasteiger partial charge in [-0.05, 0) is 23.8 Å². The largest absolute Gasteiger partial charge is 0.545 e. The molecule has 0 aromatic heterocycles. The average molecular weight is 229 g/mol. The van der Waals surface area contributed by atoms with Crippen LogP contribution in [0.5, 0.6) is 0 Å². The number of hydrogen-bond donors (Lipinski definition) is 0. The molecule has 0 amide bonds. The fourth-order valence-corrected chi connectivity index (χ4v) is 1.42. The first-order valence-corrected chi connectivity index (χ1v) is 4.90. The van der Waals surface area contributed by atoms with E-state index in [-0.39, 0.29) is 0 Å². The molecule has 1 aromatic carbocycles. The van der Waals surface area contributed by atoms with Crippen molar-refractivity contribution in [1.29, 1.82) is 0 Å². The molecule has 0 saturated carbocycles. The molecule has 0 atom stereocenters. The van der Waals surface area contributed by atoms with Gasteiger partial charge in [0.05, 0.1) is 5.97 Å². The number of benzene rings is 1. The molecule has 0 N–H and O–H groups in total. The lowest BCUT2D eigenvalue weighted by Gasteiger charge is -2.00. The number of alkyl halides is 2. The van der Waals surface area contributed by atoms with Crippen molar-refractivity contribution >= 4 is 23.8 Å². The highest BCUT2D eigenvalue weighted by atomic mass is 32.2. The van der Waals surface area contributed by atoms with E-state index in [2.05, 4.69) is 0 Å². The molecule has 0 aliphatic rings. The number of carbonyl (C=O) groups excluding carboxylic acids is 1. The molecule has 15 heavy (non-hydrogen) atoms. The van der Waals surface area contributed by atoms with Gasteiger partial charge in [-0.25, -0.2) is 0 Å². The van der Waals surface area contributed by atoms with Crippen LogP contribution < -0.4 is 5.11 Å². The molecule has 0 aliphatic carbocycles. The minimum atomic E-state index is -2.45. The molecule has 2 nitrogen and oxygen atoms in total. The van der Waals surface area contributed by atoms with Crippen LogP contribution in [-0.2, 0) is 4.79 Å². The first-order valence-electron chi connectivity index (χ1n) is 4.02. The van der Waals surface area contributed by atoms with Crippen LogP contribution in [0.3, 0.4) is 0 Å². The summed E-state index contributed by atoms with van der Waals surface area (Å²) in [4.78, 5) is 10.5. The molecule has 0 saturated heterocycles. The van der Waals surface area contributed by atoms with Crippen molar-refractivity contribution < 1.29 is 18.7 Å². The first kappa shape index (κ1) is 11.7. The molecule has 1 rings (SSSR count). The summed E-state index contributed by atoms with van der Waals surface area (Å²) in [6, 6.07) is 6.13. The zero-order valence-electron chi connectivity index (χ0n) is 7.52. The zero-order chi connectivity index (χ0) is 11.3. The van der Waals surface area contributed by atoms with E-state index in [1.807, 2.05) is 0 Å². The Kier molecular flexibility index (Phi) is 4.30. The van der Waals surface area contributed by atoms with E-state index in [1.54, 1.807) is 12.1 Å². The monoisotopic (exact) mass is 229 g/mol. The van der Waals surface area contributed by atoms with E-state index >= 15 is 0 Å². The predicted molar refractivity (Wildman–Crippen MR) is 52.3 cm³/mol. The van der Waals surface area contributed by atoms with Gasteiger partial charge in [-0.3, -0.25) is 0 Å². The Labute approximate surface area is 89.6 Å². The van der Waals surface area contributed by atoms with Crippen LogP contribution in [-0.4, -0.2) is 11.7 Å². The Hall–Kier alpha value is -1.36. The van der Waals surface area contributed by atoms with Gasteiger partial charge < -0.3 is 9.90 Å². The van der Waals surface area contributed by atoms with Gasteiger partial charge in [0.25, 0.3) is 5.76 Å². The summed E-state index contributed by atoms with van der Waals surface area (Å²) in [7, 11) is 0. The highest BCUT2D eigenvalue weighted by molar-refractivity contribution is 7.99. The summed E-state index contributed by atoms with van der Waals surface area (Å²) in [6.07, 6.45) is 2.22. The van der Waals surface area contributed by atoms with Gasteiger partial charge in [0.15, 0.2) is 0 Å². The maximum Gasteiger partial charge on any atom is 0.288 e. The van der Waals surface area contributed by atoms with Crippen molar-refractivity contribution in [1.82, 2.24) is 0 Å². The second-order valence-electron chi connectivity index (χ2n) is 2.60. The summed E-state index contributed by atoms with van der Waals surface area (Å²) in [5.74, 6) is -3.74. The van der Waals surface area contributed by atoms with E-state index < -0.39 is 11.7 Å². The van der Waals surface area contributed by atoms with Gasteiger partial charge in [-0.15, -0.1) is 0 Å². The second kappa shape index (κ2) is 5.50. The lowest BCUT2D eigenvalue weighted by Crippen LogP contribution is -2.18. The summed E-state index contributed by atoms with van der Waals surface area (Å²) in [5.41, 5.74) is 0.623. The van der Waals surface area contributed by atoms with Crippen molar-refractivity contribution in [2.45, 2.75) is 10.7 Å². The van der Waals surface area contributed by atoms with Gasteiger partial charge in [0.2, 0.25) is 0 Å². The third-order valence-electron chi connectivity index (χ3n) is 1.52. The van der Waals surface area contributed by atoms with E-state index in [9.17, 15) is 18.7 Å². The number of carbonyl (C=O) groups is 1. The lowest BCUT2D eigenvalue weighted by molar-refractivity contribution is -0.297. The zero-order valence-corrected chi connectivity index (χ0v) is 8.34. The Bertz CT molecular complexity index is 360. The van der Waals surface area contributed by atoms with Crippen molar-refractivity contribution in [2.75, 3.05) is 0 Å². The number of halogens is 2. The van der Waals surface area contributed by atoms with Crippen LogP contribution in [0.4, 0.5) is 8.78 Å². The third kappa shape index (κ3) is 4.60. The van der Waals surface area contributed by atoms with E-state index in [4.69, 9.17) is 0 Å². The van der Waals surface area contributed by atoms with Crippen LogP contribution in [0, 0.1) is 0 Å². The molecular weight excluding hydrogens is 222 g/mol. The smallest absolute Gasteiger partial charge is 0.288 e. The highest BCUT2D eigenvalue weighted by Crippen LogP contribution is 2.25. The Morgan fingerprint density at radius 3 is 2.40 bits per heavy atom. The van der Waals surface area contributed by atoms with Crippen LogP contribution >= 0.6 is 11.8 Å². The number of rotatable bonds is 4. The van der Waals surface area contributed by atoms with Gasteiger partial charge in [-0.2, -0.15) is 8.78 Å². The quantitative estimate of drug-likeness (QED) is 0.583. The molecule has 0 bridgehead atoms. The number of aliphatic carboxylic acids is 1. The van der Waals surface area contributed by atoms with Gasteiger partial charge in [0, 0.05) is 4.90 Å². The van der Waals surface area contributed by atoms with Crippen molar-refractivity contribution in [3.63, 3.8) is 0 Å². The van der Waals surface area contributed by atoms with E-state index in [1.165, 1.54) is 18.2 Å². The van der Waals surface area contributed by atoms with Gasteiger partial charge in [-0.1, -0.05) is 30.0 Å². The molecule has 0 radical (unpaired) electrons. The van der Waals surface area contributed by atoms with Crippen LogP contribution in [0.15, 0.2) is 35.2 Å². The molecular formula is C10H7F2O2S-. The highest BCUT2D eigenvalue weighted by Gasteiger charge is 2.03. The minimum absolute atomic E-state index is 0.440. The topological polar surface area (TPSA) is 40.1 Å². The Morgan fingerprint density at radius 1 is 1.33 bits per heavy atom.